The van der Waals surface area contributed by atoms with Crippen LogP contribution in [-0.4, -0.2) is 25.6 Å². The summed E-state index contributed by atoms with van der Waals surface area (Å²) in [6, 6.07) is 3.58. The lowest BCUT2D eigenvalue weighted by molar-refractivity contribution is 0.789. The highest BCUT2D eigenvalue weighted by Gasteiger charge is 2.10. The number of rotatable bonds is 4. The topological polar surface area (TPSA) is 93.5 Å². The van der Waals surface area contributed by atoms with Crippen LogP contribution in [0.15, 0.2) is 18.3 Å². The van der Waals surface area contributed by atoms with Gasteiger partial charge < -0.3 is 5.73 Å². The zero-order valence-electron chi connectivity index (χ0n) is 10.5. The van der Waals surface area contributed by atoms with Gasteiger partial charge in [0, 0.05) is 19.0 Å². The van der Waals surface area contributed by atoms with Crippen LogP contribution in [0, 0.1) is 5.41 Å². The molecule has 2 heterocycles. The highest BCUT2D eigenvalue weighted by molar-refractivity contribution is 5.93. The number of nitrogens with two attached hydrogens (primary N) is 1. The third-order valence-electron chi connectivity index (χ3n) is 2.61. The molecule has 0 radical (unpaired) electrons. The summed E-state index contributed by atoms with van der Waals surface area (Å²) in [6.45, 7) is 4.06. The molecule has 6 heteroatoms. The predicted molar refractivity (Wildman–Crippen MR) is 68.9 cm³/mol. The van der Waals surface area contributed by atoms with E-state index in [2.05, 4.69) is 15.1 Å². The van der Waals surface area contributed by atoms with E-state index >= 15 is 0 Å². The molecule has 94 valence electrons. The standard InChI is InChI=1S/C12H16N6/c1-3-10-16-11(4-2)18(17-10)8-5-6-15-9(7-8)12(13)14/h5-7H,3-4H2,1-2H3,(H3,13,14). The Hall–Kier alpha value is -2.24. The van der Waals surface area contributed by atoms with E-state index in [1.54, 1.807) is 16.9 Å². The zero-order chi connectivity index (χ0) is 13.1. The average Bonchev–Trinajstić information content (AvgIpc) is 2.82. The number of amidine groups is 1. The number of nitrogens with one attached hydrogen (secondary N) is 1. The molecule has 6 nitrogen and oxygen atoms in total. The molecule has 0 aromatic carbocycles. The van der Waals surface area contributed by atoms with Crippen LogP contribution in [0.2, 0.25) is 0 Å². The van der Waals surface area contributed by atoms with Crippen molar-refractivity contribution >= 4 is 5.84 Å². The van der Waals surface area contributed by atoms with Crippen LogP contribution in [-0.2, 0) is 12.8 Å². The first kappa shape index (κ1) is 12.2. The number of hydrogen-bond donors (Lipinski definition) is 2. The fraction of sp³-hybridized carbons (Fsp3) is 0.333. The molecule has 0 unspecified atom stereocenters. The Labute approximate surface area is 105 Å². The molecule has 3 N–H and O–H groups in total. The maximum atomic E-state index is 7.40. The summed E-state index contributed by atoms with van der Waals surface area (Å²) in [7, 11) is 0. The van der Waals surface area contributed by atoms with Gasteiger partial charge in [0.15, 0.2) is 5.82 Å². The third-order valence-corrected chi connectivity index (χ3v) is 2.61. The van der Waals surface area contributed by atoms with E-state index in [1.165, 1.54) is 0 Å². The second-order valence-electron chi connectivity index (χ2n) is 3.88. The van der Waals surface area contributed by atoms with E-state index in [0.29, 0.717) is 5.69 Å². The van der Waals surface area contributed by atoms with Crippen molar-refractivity contribution in [3.63, 3.8) is 0 Å². The Morgan fingerprint density at radius 1 is 1.39 bits per heavy atom. The van der Waals surface area contributed by atoms with E-state index in [0.717, 1.165) is 30.2 Å². The Kier molecular flexibility index (Phi) is 3.36. The highest BCUT2D eigenvalue weighted by Crippen LogP contribution is 2.11. The molecule has 0 saturated heterocycles. The fourth-order valence-corrected chi connectivity index (χ4v) is 1.68. The van der Waals surface area contributed by atoms with Crippen molar-refractivity contribution in [1.29, 1.82) is 5.41 Å². The SMILES string of the molecule is CCc1nc(CC)n(-c2ccnc(C(=N)N)c2)n1. The normalized spacial score (nSPS) is 10.6. The fourth-order valence-electron chi connectivity index (χ4n) is 1.68. The minimum atomic E-state index is -0.0503. The molecule has 2 rings (SSSR count). The van der Waals surface area contributed by atoms with Gasteiger partial charge in [-0.3, -0.25) is 10.4 Å². The van der Waals surface area contributed by atoms with E-state index in [-0.39, 0.29) is 5.84 Å². The summed E-state index contributed by atoms with van der Waals surface area (Å²) in [5.41, 5.74) is 6.72. The maximum absolute atomic E-state index is 7.40. The van der Waals surface area contributed by atoms with Gasteiger partial charge in [0.1, 0.15) is 17.4 Å². The van der Waals surface area contributed by atoms with Crippen molar-refractivity contribution < 1.29 is 0 Å². The van der Waals surface area contributed by atoms with Gasteiger partial charge in [0.25, 0.3) is 0 Å². The van der Waals surface area contributed by atoms with Crippen molar-refractivity contribution in [2.24, 2.45) is 5.73 Å². The second-order valence-corrected chi connectivity index (χ2v) is 3.88. The molecule has 0 spiro atoms. The molecule has 0 aliphatic rings. The molecule has 0 aliphatic heterocycles. The van der Waals surface area contributed by atoms with Crippen LogP contribution in [0.1, 0.15) is 31.2 Å². The molecular formula is C12H16N6. The largest absolute Gasteiger partial charge is 0.382 e. The van der Waals surface area contributed by atoms with Gasteiger partial charge in [-0.1, -0.05) is 13.8 Å². The van der Waals surface area contributed by atoms with Crippen LogP contribution >= 0.6 is 0 Å². The first-order valence-electron chi connectivity index (χ1n) is 5.91. The van der Waals surface area contributed by atoms with Gasteiger partial charge >= 0.3 is 0 Å². The molecule has 0 bridgehead atoms. The molecule has 0 aliphatic carbocycles. The molecule has 0 atom stereocenters. The monoisotopic (exact) mass is 244 g/mol. The quantitative estimate of drug-likeness (QED) is 0.621. The zero-order valence-corrected chi connectivity index (χ0v) is 10.5. The summed E-state index contributed by atoms with van der Waals surface area (Å²) in [5.74, 6) is 1.66. The Morgan fingerprint density at radius 3 is 2.78 bits per heavy atom. The lowest BCUT2D eigenvalue weighted by atomic mass is 10.3. The van der Waals surface area contributed by atoms with Gasteiger partial charge in [-0.05, 0) is 12.1 Å². The van der Waals surface area contributed by atoms with Crippen molar-refractivity contribution in [2.75, 3.05) is 0 Å². The van der Waals surface area contributed by atoms with E-state index in [4.69, 9.17) is 11.1 Å². The molecule has 0 amide bonds. The van der Waals surface area contributed by atoms with Crippen molar-refractivity contribution in [3.05, 3.63) is 35.7 Å². The summed E-state index contributed by atoms with van der Waals surface area (Å²) < 4.78 is 1.78. The molecule has 0 fully saturated rings. The second kappa shape index (κ2) is 4.95. The summed E-state index contributed by atoms with van der Waals surface area (Å²) in [4.78, 5) is 8.48. The number of aryl methyl sites for hydroxylation is 2. The van der Waals surface area contributed by atoms with Crippen LogP contribution in [0.4, 0.5) is 0 Å². The predicted octanol–water partition coefficient (Wildman–Crippen LogP) is 1.07. The van der Waals surface area contributed by atoms with Crippen molar-refractivity contribution in [1.82, 2.24) is 19.7 Å². The van der Waals surface area contributed by atoms with E-state index in [1.807, 2.05) is 19.9 Å². The first-order valence-corrected chi connectivity index (χ1v) is 5.91. The lowest BCUT2D eigenvalue weighted by Gasteiger charge is -2.05. The maximum Gasteiger partial charge on any atom is 0.151 e. The smallest absolute Gasteiger partial charge is 0.151 e. The Balaban J connectivity index is 2.50. The summed E-state index contributed by atoms with van der Waals surface area (Å²) in [5, 5.41) is 11.8. The van der Waals surface area contributed by atoms with Gasteiger partial charge in [0.2, 0.25) is 0 Å². The Bertz CT molecular complexity index is 572. The number of aromatic nitrogens is 4. The average molecular weight is 244 g/mol. The van der Waals surface area contributed by atoms with Crippen LogP contribution in [0.3, 0.4) is 0 Å². The summed E-state index contributed by atoms with van der Waals surface area (Å²) >= 11 is 0. The van der Waals surface area contributed by atoms with Crippen LogP contribution in [0.25, 0.3) is 5.69 Å². The number of pyridine rings is 1. The van der Waals surface area contributed by atoms with Crippen molar-refractivity contribution in [3.8, 4) is 5.69 Å². The minimum Gasteiger partial charge on any atom is -0.382 e. The number of nitrogen functional groups attached to an aromatic ring is 1. The molecule has 0 saturated carbocycles. The molecular weight excluding hydrogens is 228 g/mol. The molecule has 2 aromatic rings. The van der Waals surface area contributed by atoms with Gasteiger partial charge in [0.05, 0.1) is 5.69 Å². The highest BCUT2D eigenvalue weighted by atomic mass is 15.3. The van der Waals surface area contributed by atoms with E-state index < -0.39 is 0 Å². The van der Waals surface area contributed by atoms with Gasteiger partial charge in [-0.15, -0.1) is 0 Å². The first-order chi connectivity index (χ1) is 8.65. The van der Waals surface area contributed by atoms with Crippen LogP contribution < -0.4 is 5.73 Å². The molecule has 18 heavy (non-hydrogen) atoms. The third kappa shape index (κ3) is 2.22. The summed E-state index contributed by atoms with van der Waals surface area (Å²) in [6.07, 6.45) is 3.22. The van der Waals surface area contributed by atoms with E-state index in [9.17, 15) is 0 Å². The number of nitrogens with zero attached hydrogens (tertiary/aromatic N) is 4. The molecule has 2 aromatic heterocycles. The van der Waals surface area contributed by atoms with Gasteiger partial charge in [-0.2, -0.15) is 5.10 Å². The minimum absolute atomic E-state index is 0.0503. The lowest BCUT2D eigenvalue weighted by Crippen LogP contribution is -2.14. The Morgan fingerprint density at radius 2 is 2.17 bits per heavy atom. The van der Waals surface area contributed by atoms with Gasteiger partial charge in [-0.25, -0.2) is 9.67 Å². The number of hydrogen-bond acceptors (Lipinski definition) is 4. The van der Waals surface area contributed by atoms with Crippen LogP contribution in [0.5, 0.6) is 0 Å². The van der Waals surface area contributed by atoms with Crippen molar-refractivity contribution in [2.45, 2.75) is 26.7 Å².